The number of carbonyl (C=O) groups is 1. The Labute approximate surface area is 195 Å². The molecule has 2 N–H and O–H groups in total. The first-order valence-corrected chi connectivity index (χ1v) is 10.1. The molecule has 1 amide bonds. The fraction of sp³-hybridized carbons (Fsp3) is 0.500. The molecule has 0 aliphatic carbocycles. The topological polar surface area (TPSA) is 90.7 Å². The van der Waals surface area contributed by atoms with Gasteiger partial charge >= 0.3 is 0 Å². The summed E-state index contributed by atoms with van der Waals surface area (Å²) in [5.74, 6) is 1.87. The Morgan fingerprint density at radius 2 is 1.90 bits per heavy atom. The summed E-state index contributed by atoms with van der Waals surface area (Å²) >= 11 is 0. The number of hydrogen-bond acceptors (Lipinski definition) is 5. The van der Waals surface area contributed by atoms with Crippen LogP contribution in [-0.4, -0.2) is 77.8 Å². The molecule has 0 bridgehead atoms. The minimum Gasteiger partial charge on any atom is -0.356 e. The molecule has 0 aromatic carbocycles. The second-order valence-corrected chi connectivity index (χ2v) is 6.85. The van der Waals surface area contributed by atoms with Crippen molar-refractivity contribution in [3.05, 3.63) is 42.9 Å². The van der Waals surface area contributed by atoms with E-state index in [0.717, 1.165) is 57.5 Å². The molecule has 0 saturated carbocycles. The third-order valence-corrected chi connectivity index (χ3v) is 4.88. The Bertz CT molecular complexity index is 760. The summed E-state index contributed by atoms with van der Waals surface area (Å²) in [7, 11) is 1.74. The molecule has 30 heavy (non-hydrogen) atoms. The number of guanidine groups is 1. The third kappa shape index (κ3) is 7.47. The molecule has 1 aliphatic heterocycles. The number of nitrogens with zero attached hydrogens (tertiary/aromatic N) is 6. The van der Waals surface area contributed by atoms with Crippen molar-refractivity contribution in [1.29, 1.82) is 0 Å². The molecule has 1 saturated heterocycles. The van der Waals surface area contributed by atoms with Gasteiger partial charge in [-0.3, -0.25) is 14.5 Å². The molecule has 3 heterocycles. The number of aryl methyl sites for hydroxylation is 1. The van der Waals surface area contributed by atoms with E-state index in [1.165, 1.54) is 0 Å². The first kappa shape index (κ1) is 23.9. The van der Waals surface area contributed by atoms with Gasteiger partial charge in [0.1, 0.15) is 5.82 Å². The van der Waals surface area contributed by atoms with E-state index in [4.69, 9.17) is 0 Å². The van der Waals surface area contributed by atoms with Crippen LogP contribution in [0.25, 0.3) is 0 Å². The van der Waals surface area contributed by atoms with E-state index < -0.39 is 0 Å². The monoisotopic (exact) mass is 526 g/mol. The fourth-order valence-corrected chi connectivity index (χ4v) is 3.27. The van der Waals surface area contributed by atoms with Crippen LogP contribution >= 0.6 is 24.0 Å². The lowest BCUT2D eigenvalue weighted by Gasteiger charge is -2.35. The van der Waals surface area contributed by atoms with Crippen LogP contribution in [0.5, 0.6) is 0 Å². The second-order valence-electron chi connectivity index (χ2n) is 6.85. The highest BCUT2D eigenvalue weighted by atomic mass is 127. The highest BCUT2D eigenvalue weighted by molar-refractivity contribution is 14.0. The maximum atomic E-state index is 12.5. The first-order chi connectivity index (χ1) is 14.3. The molecule has 3 rings (SSSR count). The number of nitrogens with one attached hydrogen (secondary N) is 2. The van der Waals surface area contributed by atoms with Gasteiger partial charge in [0, 0.05) is 77.9 Å². The number of carbonyl (C=O) groups excluding carboxylic acids is 1. The zero-order valence-corrected chi connectivity index (χ0v) is 19.7. The lowest BCUT2D eigenvalue weighted by Crippen LogP contribution is -2.49. The van der Waals surface area contributed by atoms with E-state index in [1.807, 2.05) is 40.0 Å². The number of amides is 1. The number of hydrogen-bond donors (Lipinski definition) is 2. The van der Waals surface area contributed by atoms with Crippen LogP contribution < -0.4 is 15.5 Å². The van der Waals surface area contributed by atoms with Gasteiger partial charge in [-0.2, -0.15) is 5.10 Å². The average Bonchev–Trinajstić information content (AvgIpc) is 3.29. The molecule has 0 spiro atoms. The molecule has 0 unspecified atom stereocenters. The smallest absolute Gasteiger partial charge is 0.224 e. The number of aromatic nitrogens is 3. The Balaban J connectivity index is 0.00000320. The third-order valence-electron chi connectivity index (χ3n) is 4.88. The normalized spacial score (nSPS) is 14.2. The maximum absolute atomic E-state index is 12.5. The number of rotatable bonds is 8. The molecule has 1 fully saturated rings. The van der Waals surface area contributed by atoms with Crippen LogP contribution in [0, 0.1) is 0 Å². The van der Waals surface area contributed by atoms with Crippen LogP contribution in [0.4, 0.5) is 5.82 Å². The van der Waals surface area contributed by atoms with Gasteiger partial charge in [-0.05, 0) is 24.6 Å². The Morgan fingerprint density at radius 1 is 1.10 bits per heavy atom. The quantitative estimate of drug-likeness (QED) is 0.233. The molecule has 0 radical (unpaired) electrons. The van der Waals surface area contributed by atoms with E-state index in [-0.39, 0.29) is 29.9 Å². The standard InChI is InChI=1S/C20H30N8O.HI/c1-21-20(23-9-4-12-28-13-5-10-25-28)24-11-7-19(29)27-16-14-26(15-17-27)18-6-2-3-8-22-18;/h2-3,5-6,8,10,13H,4,7,9,11-12,14-17H2,1H3,(H2,21,23,24);1H. The second kappa shape index (κ2) is 13.0. The van der Waals surface area contributed by atoms with E-state index in [2.05, 4.69) is 30.6 Å². The SMILES string of the molecule is CN=C(NCCCn1cccn1)NCCC(=O)N1CCN(c2ccccn2)CC1.I. The van der Waals surface area contributed by atoms with Crippen LogP contribution in [0.15, 0.2) is 47.8 Å². The molecule has 2 aromatic heterocycles. The summed E-state index contributed by atoms with van der Waals surface area (Å²) in [5.41, 5.74) is 0. The number of anilines is 1. The van der Waals surface area contributed by atoms with Gasteiger partial charge in [0.2, 0.25) is 5.91 Å². The number of pyridine rings is 1. The van der Waals surface area contributed by atoms with Crippen molar-refractivity contribution in [2.75, 3.05) is 51.2 Å². The van der Waals surface area contributed by atoms with Gasteiger partial charge in [-0.15, -0.1) is 24.0 Å². The van der Waals surface area contributed by atoms with Gasteiger partial charge in [0.25, 0.3) is 0 Å². The fourth-order valence-electron chi connectivity index (χ4n) is 3.27. The Morgan fingerprint density at radius 3 is 2.57 bits per heavy atom. The van der Waals surface area contributed by atoms with E-state index in [9.17, 15) is 4.79 Å². The van der Waals surface area contributed by atoms with Crippen molar-refractivity contribution in [1.82, 2.24) is 30.3 Å². The van der Waals surface area contributed by atoms with E-state index >= 15 is 0 Å². The highest BCUT2D eigenvalue weighted by Gasteiger charge is 2.21. The average molecular weight is 526 g/mol. The lowest BCUT2D eigenvalue weighted by atomic mass is 10.2. The van der Waals surface area contributed by atoms with Crippen molar-refractivity contribution in [3.63, 3.8) is 0 Å². The van der Waals surface area contributed by atoms with Gasteiger partial charge in [-0.25, -0.2) is 4.98 Å². The predicted octanol–water partition coefficient (Wildman–Crippen LogP) is 1.19. The zero-order valence-electron chi connectivity index (χ0n) is 17.4. The summed E-state index contributed by atoms with van der Waals surface area (Å²) in [5, 5.41) is 10.7. The number of piperazine rings is 1. The molecule has 164 valence electrons. The van der Waals surface area contributed by atoms with Gasteiger partial charge in [0.15, 0.2) is 5.96 Å². The summed E-state index contributed by atoms with van der Waals surface area (Å²) in [6.07, 6.45) is 6.94. The van der Waals surface area contributed by atoms with Crippen LogP contribution in [-0.2, 0) is 11.3 Å². The maximum Gasteiger partial charge on any atom is 0.224 e. The van der Waals surface area contributed by atoms with Crippen molar-refractivity contribution < 1.29 is 4.79 Å². The molecule has 9 nitrogen and oxygen atoms in total. The number of aliphatic imine (C=N–C) groups is 1. The van der Waals surface area contributed by atoms with Crippen molar-refractivity contribution in [2.24, 2.45) is 4.99 Å². The van der Waals surface area contributed by atoms with Crippen LogP contribution in [0.2, 0.25) is 0 Å². The Hall–Kier alpha value is -2.37. The summed E-state index contributed by atoms with van der Waals surface area (Å²) in [6.45, 7) is 5.32. The molecule has 0 atom stereocenters. The minimum atomic E-state index is 0. The predicted molar refractivity (Wildman–Crippen MR) is 129 cm³/mol. The zero-order chi connectivity index (χ0) is 20.3. The lowest BCUT2D eigenvalue weighted by molar-refractivity contribution is -0.131. The Kier molecular flexibility index (Phi) is 10.4. The molecule has 10 heteroatoms. The van der Waals surface area contributed by atoms with E-state index in [1.54, 1.807) is 19.4 Å². The van der Waals surface area contributed by atoms with Crippen molar-refractivity contribution in [3.8, 4) is 0 Å². The largest absolute Gasteiger partial charge is 0.356 e. The van der Waals surface area contributed by atoms with Gasteiger partial charge in [0.05, 0.1) is 0 Å². The van der Waals surface area contributed by atoms with Crippen molar-refractivity contribution in [2.45, 2.75) is 19.4 Å². The van der Waals surface area contributed by atoms with Crippen LogP contribution in [0.1, 0.15) is 12.8 Å². The molecule has 1 aliphatic rings. The highest BCUT2D eigenvalue weighted by Crippen LogP contribution is 2.12. The minimum absolute atomic E-state index is 0. The molecule has 2 aromatic rings. The van der Waals surface area contributed by atoms with Crippen molar-refractivity contribution >= 4 is 41.7 Å². The van der Waals surface area contributed by atoms with E-state index in [0.29, 0.717) is 13.0 Å². The first-order valence-electron chi connectivity index (χ1n) is 10.1. The summed E-state index contributed by atoms with van der Waals surface area (Å²) < 4.78 is 1.91. The van der Waals surface area contributed by atoms with Crippen LogP contribution in [0.3, 0.4) is 0 Å². The summed E-state index contributed by atoms with van der Waals surface area (Å²) in [6, 6.07) is 7.83. The molecular formula is C20H31IN8O. The summed E-state index contributed by atoms with van der Waals surface area (Å²) in [4.78, 5) is 25.2. The van der Waals surface area contributed by atoms with Gasteiger partial charge in [-0.1, -0.05) is 6.07 Å². The van der Waals surface area contributed by atoms with Gasteiger partial charge < -0.3 is 20.4 Å². The molecular weight excluding hydrogens is 495 g/mol. The number of halogens is 1.